The minimum Gasteiger partial charge on any atom is -0.266 e. The molecule has 0 aromatic carbocycles. The number of hydrogen-bond donors (Lipinski definition) is 0. The number of aromatic nitrogens is 2. The number of thiophene rings is 1. The van der Waals surface area contributed by atoms with Crippen LogP contribution in [0.5, 0.6) is 0 Å². The summed E-state index contributed by atoms with van der Waals surface area (Å²) in [4.78, 5) is 0. The molecule has 2 aromatic rings. The van der Waals surface area contributed by atoms with E-state index in [4.69, 9.17) is 0 Å². The van der Waals surface area contributed by atoms with Crippen LogP contribution in [0.3, 0.4) is 0 Å². The molecule has 0 fully saturated rings. The molecule has 2 nitrogen and oxygen atoms in total. The molecule has 0 aliphatic heterocycles. The molecule has 9 heavy (non-hydrogen) atoms. The summed E-state index contributed by atoms with van der Waals surface area (Å²) in [5.74, 6) is 0. The molecule has 0 spiro atoms. The summed E-state index contributed by atoms with van der Waals surface area (Å²) in [5.41, 5.74) is 1.17. The molecule has 0 saturated heterocycles. The van der Waals surface area contributed by atoms with Gasteiger partial charge < -0.3 is 0 Å². The molecule has 0 amide bonds. The lowest BCUT2D eigenvalue weighted by Crippen LogP contribution is -1.86. The number of hydrogen-bond acceptors (Lipinski definition) is 2. The third-order valence-corrected chi connectivity index (χ3v) is 2.10. The molecule has 45 valence electrons. The molecule has 1 radical (unpaired) electrons. The number of aryl methyl sites for hydroxylation is 1. The quantitative estimate of drug-likeness (QED) is 0.537. The maximum atomic E-state index is 3.96. The second-order valence-corrected chi connectivity index (χ2v) is 2.79. The van der Waals surface area contributed by atoms with E-state index in [0.717, 1.165) is 4.70 Å². The Morgan fingerprint density at radius 2 is 2.67 bits per heavy atom. The van der Waals surface area contributed by atoms with Gasteiger partial charge in [-0.25, -0.2) is 0 Å². The van der Waals surface area contributed by atoms with Gasteiger partial charge in [0.15, 0.2) is 0 Å². The minimum absolute atomic E-state index is 1.14. The molecule has 0 N–H and O–H groups in total. The standard InChI is InChI=1S/C6H5N2S/c1-8-5-2-3-9-6(5)4-7-8/h2-3H,1H3. The van der Waals surface area contributed by atoms with Gasteiger partial charge in [-0.1, -0.05) is 0 Å². The highest BCUT2D eigenvalue weighted by molar-refractivity contribution is 7.17. The minimum atomic E-state index is 1.14. The van der Waals surface area contributed by atoms with Crippen molar-refractivity contribution in [3.05, 3.63) is 17.6 Å². The molecule has 2 heterocycles. The highest BCUT2D eigenvalue weighted by Crippen LogP contribution is 2.17. The van der Waals surface area contributed by atoms with Gasteiger partial charge in [0.05, 0.1) is 10.2 Å². The Morgan fingerprint density at radius 1 is 1.78 bits per heavy atom. The highest BCUT2D eigenvalue weighted by atomic mass is 32.1. The van der Waals surface area contributed by atoms with Gasteiger partial charge in [-0.05, 0) is 11.4 Å². The topological polar surface area (TPSA) is 17.8 Å². The molecule has 3 heteroatoms. The number of rotatable bonds is 0. The molecule has 0 atom stereocenters. The Labute approximate surface area is 56.7 Å². The van der Waals surface area contributed by atoms with Gasteiger partial charge in [-0.3, -0.25) is 4.68 Å². The zero-order chi connectivity index (χ0) is 6.27. The maximum Gasteiger partial charge on any atom is 0.132 e. The maximum absolute atomic E-state index is 3.96. The molecule has 0 aliphatic rings. The van der Waals surface area contributed by atoms with E-state index in [9.17, 15) is 0 Å². The second-order valence-electron chi connectivity index (χ2n) is 1.87. The van der Waals surface area contributed by atoms with Crippen LogP contribution in [0.4, 0.5) is 0 Å². The van der Waals surface area contributed by atoms with E-state index in [-0.39, 0.29) is 0 Å². The Hall–Kier alpha value is -0.830. The third kappa shape index (κ3) is 0.580. The monoisotopic (exact) mass is 137 g/mol. The van der Waals surface area contributed by atoms with E-state index in [1.807, 2.05) is 23.2 Å². The lowest BCUT2D eigenvalue weighted by Gasteiger charge is -1.83. The summed E-state index contributed by atoms with van der Waals surface area (Å²) in [6.45, 7) is 0. The molecular weight excluding hydrogens is 132 g/mol. The Kier molecular flexibility index (Phi) is 0.873. The summed E-state index contributed by atoms with van der Waals surface area (Å²) in [5, 5.41) is 6.00. The predicted octanol–water partition coefficient (Wildman–Crippen LogP) is 1.43. The first kappa shape index (κ1) is 4.99. The van der Waals surface area contributed by atoms with Crippen LogP contribution in [0.1, 0.15) is 0 Å². The summed E-state index contributed by atoms with van der Waals surface area (Å²) < 4.78 is 2.96. The van der Waals surface area contributed by atoms with Crippen molar-refractivity contribution in [2.24, 2.45) is 7.05 Å². The Morgan fingerprint density at radius 3 is 3.44 bits per heavy atom. The van der Waals surface area contributed by atoms with Crippen molar-refractivity contribution >= 4 is 21.6 Å². The van der Waals surface area contributed by atoms with Crippen LogP contribution >= 0.6 is 11.3 Å². The van der Waals surface area contributed by atoms with Crippen molar-refractivity contribution in [3.63, 3.8) is 0 Å². The van der Waals surface area contributed by atoms with Crippen LogP contribution < -0.4 is 0 Å². The van der Waals surface area contributed by atoms with Crippen molar-refractivity contribution < 1.29 is 0 Å². The van der Waals surface area contributed by atoms with Crippen molar-refractivity contribution in [1.82, 2.24) is 9.78 Å². The number of fused-ring (bicyclic) bond motifs is 1. The van der Waals surface area contributed by atoms with E-state index >= 15 is 0 Å². The largest absolute Gasteiger partial charge is 0.266 e. The van der Waals surface area contributed by atoms with E-state index < -0.39 is 0 Å². The van der Waals surface area contributed by atoms with Crippen LogP contribution in [0.25, 0.3) is 10.2 Å². The van der Waals surface area contributed by atoms with Crippen LogP contribution in [-0.4, -0.2) is 9.78 Å². The van der Waals surface area contributed by atoms with Gasteiger partial charge in [-0.15, -0.1) is 11.3 Å². The first-order valence-corrected chi connectivity index (χ1v) is 3.54. The highest BCUT2D eigenvalue weighted by Gasteiger charge is 1.97. The smallest absolute Gasteiger partial charge is 0.132 e. The summed E-state index contributed by atoms with van der Waals surface area (Å²) >= 11 is 1.67. The van der Waals surface area contributed by atoms with Crippen LogP contribution in [0.15, 0.2) is 11.4 Å². The normalized spacial score (nSPS) is 10.8. The summed E-state index contributed by atoms with van der Waals surface area (Å²) in [6.07, 6.45) is 2.90. The fourth-order valence-electron chi connectivity index (χ4n) is 0.815. The van der Waals surface area contributed by atoms with Gasteiger partial charge in [0, 0.05) is 7.05 Å². The molecule has 0 bridgehead atoms. The molecular formula is C6H5N2S. The van der Waals surface area contributed by atoms with Gasteiger partial charge in [0.1, 0.15) is 6.20 Å². The summed E-state index contributed by atoms with van der Waals surface area (Å²) in [7, 11) is 1.92. The average molecular weight is 137 g/mol. The SMILES string of the molecule is Cn1n[c]c2sccc21. The van der Waals surface area contributed by atoms with Gasteiger partial charge >= 0.3 is 0 Å². The van der Waals surface area contributed by atoms with E-state index in [2.05, 4.69) is 11.3 Å². The second kappa shape index (κ2) is 1.57. The fourth-order valence-corrected chi connectivity index (χ4v) is 1.56. The van der Waals surface area contributed by atoms with Crippen LogP contribution in [-0.2, 0) is 7.05 Å². The Balaban J connectivity index is 2.99. The van der Waals surface area contributed by atoms with Gasteiger partial charge in [-0.2, -0.15) is 5.10 Å². The third-order valence-electron chi connectivity index (χ3n) is 1.29. The first-order valence-electron chi connectivity index (χ1n) is 2.66. The van der Waals surface area contributed by atoms with Crippen LogP contribution in [0.2, 0.25) is 0 Å². The lowest BCUT2D eigenvalue weighted by molar-refractivity contribution is 0.794. The Bertz CT molecular complexity index is 320. The molecule has 0 unspecified atom stereocenters. The molecule has 2 rings (SSSR count). The molecule has 0 saturated carbocycles. The predicted molar refractivity (Wildman–Crippen MR) is 37.4 cm³/mol. The van der Waals surface area contributed by atoms with Crippen molar-refractivity contribution in [1.29, 1.82) is 0 Å². The fraction of sp³-hybridized carbons (Fsp3) is 0.167. The van der Waals surface area contributed by atoms with E-state index in [0.29, 0.717) is 0 Å². The van der Waals surface area contributed by atoms with Crippen LogP contribution in [0, 0.1) is 6.20 Å². The lowest BCUT2D eigenvalue weighted by atomic mass is 10.5. The van der Waals surface area contributed by atoms with Gasteiger partial charge in [0.2, 0.25) is 0 Å². The average Bonchev–Trinajstić information content (AvgIpc) is 2.35. The van der Waals surface area contributed by atoms with E-state index in [1.165, 1.54) is 5.52 Å². The zero-order valence-corrected chi connectivity index (χ0v) is 5.77. The number of nitrogens with zero attached hydrogens (tertiary/aromatic N) is 2. The van der Waals surface area contributed by atoms with Crippen molar-refractivity contribution in [2.75, 3.05) is 0 Å². The zero-order valence-electron chi connectivity index (χ0n) is 4.96. The molecule has 2 aromatic heterocycles. The van der Waals surface area contributed by atoms with Crippen molar-refractivity contribution in [2.45, 2.75) is 0 Å². The van der Waals surface area contributed by atoms with Crippen molar-refractivity contribution in [3.8, 4) is 0 Å². The first-order chi connectivity index (χ1) is 4.38. The van der Waals surface area contributed by atoms with E-state index in [1.54, 1.807) is 11.3 Å². The van der Waals surface area contributed by atoms with Gasteiger partial charge in [0.25, 0.3) is 0 Å². The molecule has 0 aliphatic carbocycles. The summed E-state index contributed by atoms with van der Waals surface area (Å²) in [6, 6.07) is 2.05.